The Labute approximate surface area is 137 Å². The average Bonchev–Trinajstić information content (AvgIpc) is 2.87. The highest BCUT2D eigenvalue weighted by Gasteiger charge is 2.38. The van der Waals surface area contributed by atoms with Crippen LogP contribution >= 0.6 is 12.2 Å². The molecule has 1 aromatic heterocycles. The van der Waals surface area contributed by atoms with Gasteiger partial charge in [0.2, 0.25) is 0 Å². The summed E-state index contributed by atoms with van der Waals surface area (Å²) in [4.78, 5) is 15.8. The topological polar surface area (TPSA) is 80.1 Å². The Morgan fingerprint density at radius 1 is 1.36 bits per heavy atom. The van der Waals surface area contributed by atoms with Crippen LogP contribution < -0.4 is 11.1 Å². The van der Waals surface area contributed by atoms with Crippen LogP contribution in [0.25, 0.3) is 0 Å². The maximum Gasteiger partial charge on any atom is 0.408 e. The van der Waals surface area contributed by atoms with Gasteiger partial charge in [-0.25, -0.2) is 4.79 Å². The van der Waals surface area contributed by atoms with E-state index >= 15 is 0 Å². The predicted molar refractivity (Wildman–Crippen MR) is 90.8 cm³/mol. The number of nitrogens with one attached hydrogen (secondary N) is 2. The molecule has 1 saturated carbocycles. The Morgan fingerprint density at radius 3 is 2.50 bits per heavy atom. The molecule has 5 nitrogen and oxygen atoms in total. The molecule has 0 radical (unpaired) electrons. The number of rotatable bonds is 3. The maximum atomic E-state index is 12.2. The first-order valence-electron chi connectivity index (χ1n) is 7.72. The van der Waals surface area contributed by atoms with Crippen molar-refractivity contribution < 1.29 is 9.53 Å². The lowest BCUT2D eigenvalue weighted by Crippen LogP contribution is -2.49. The number of aromatic amines is 1. The van der Waals surface area contributed by atoms with Gasteiger partial charge in [0.15, 0.2) is 0 Å². The molecule has 1 aliphatic rings. The number of hydrogen-bond donors (Lipinski definition) is 3. The van der Waals surface area contributed by atoms with Gasteiger partial charge in [0.05, 0.1) is 5.54 Å². The normalized spacial score (nSPS) is 17.8. The van der Waals surface area contributed by atoms with Gasteiger partial charge in [-0.1, -0.05) is 31.5 Å². The van der Waals surface area contributed by atoms with E-state index in [0.29, 0.717) is 4.99 Å². The van der Waals surface area contributed by atoms with Gasteiger partial charge in [-0.2, -0.15) is 0 Å². The van der Waals surface area contributed by atoms with Crippen LogP contribution in [0.5, 0.6) is 0 Å². The van der Waals surface area contributed by atoms with E-state index in [1.807, 2.05) is 26.8 Å². The summed E-state index contributed by atoms with van der Waals surface area (Å²) in [6, 6.07) is 1.94. The van der Waals surface area contributed by atoms with Gasteiger partial charge in [-0.3, -0.25) is 0 Å². The predicted octanol–water partition coefficient (Wildman–Crippen LogP) is 3.33. The van der Waals surface area contributed by atoms with Crippen molar-refractivity contribution in [1.29, 1.82) is 0 Å². The van der Waals surface area contributed by atoms with Crippen molar-refractivity contribution in [3.8, 4) is 0 Å². The Balaban J connectivity index is 2.23. The first-order valence-corrected chi connectivity index (χ1v) is 8.13. The number of nitrogens with two attached hydrogens (primary N) is 1. The zero-order valence-electron chi connectivity index (χ0n) is 13.5. The molecule has 1 amide bonds. The molecule has 0 atom stereocenters. The molecule has 0 bridgehead atoms. The molecule has 1 aliphatic carbocycles. The molecule has 6 heteroatoms. The Bertz CT molecular complexity index is 554. The van der Waals surface area contributed by atoms with Gasteiger partial charge >= 0.3 is 6.09 Å². The van der Waals surface area contributed by atoms with Gasteiger partial charge in [-0.15, -0.1) is 0 Å². The van der Waals surface area contributed by atoms with Crippen LogP contribution in [0.4, 0.5) is 4.79 Å². The molecule has 0 aromatic carbocycles. The van der Waals surface area contributed by atoms with E-state index in [0.717, 1.165) is 36.9 Å². The lowest BCUT2D eigenvalue weighted by molar-refractivity contribution is 0.0416. The van der Waals surface area contributed by atoms with Crippen molar-refractivity contribution in [2.45, 2.75) is 64.0 Å². The first-order chi connectivity index (χ1) is 10.2. The fourth-order valence-corrected chi connectivity index (χ4v) is 3.05. The standard InChI is InChI=1S/C16H25N3O2S/c1-15(2,3)21-14(20)19-16(7-5-4-6-8-16)12-9-11(10-18-12)13(17)22/h9-10,18H,4-8H2,1-3H3,(H2,17,22)(H,19,20). The summed E-state index contributed by atoms with van der Waals surface area (Å²) >= 11 is 5.02. The lowest BCUT2D eigenvalue weighted by Gasteiger charge is -2.38. The van der Waals surface area contributed by atoms with Gasteiger partial charge in [-0.05, 0) is 39.7 Å². The SMILES string of the molecule is CC(C)(C)OC(=O)NC1(c2cc(C(N)=S)c[nH]2)CCCCC1. The largest absolute Gasteiger partial charge is 0.444 e. The summed E-state index contributed by atoms with van der Waals surface area (Å²) in [5, 5.41) is 3.08. The minimum Gasteiger partial charge on any atom is -0.444 e. The maximum absolute atomic E-state index is 12.2. The highest BCUT2D eigenvalue weighted by Crippen LogP contribution is 2.37. The Morgan fingerprint density at radius 2 is 2.00 bits per heavy atom. The molecule has 0 saturated heterocycles. The molecule has 1 fully saturated rings. The number of ether oxygens (including phenoxy) is 1. The summed E-state index contributed by atoms with van der Waals surface area (Å²) in [5.41, 5.74) is 6.48. The van der Waals surface area contributed by atoms with Crippen molar-refractivity contribution in [3.05, 3.63) is 23.5 Å². The van der Waals surface area contributed by atoms with E-state index in [-0.39, 0.29) is 6.09 Å². The fraction of sp³-hybridized carbons (Fsp3) is 0.625. The average molecular weight is 323 g/mol. The second-order valence-electron chi connectivity index (χ2n) is 6.94. The van der Waals surface area contributed by atoms with E-state index in [9.17, 15) is 4.79 Å². The van der Waals surface area contributed by atoms with Gasteiger partial charge < -0.3 is 20.8 Å². The number of alkyl carbamates (subject to hydrolysis) is 1. The van der Waals surface area contributed by atoms with Crippen LogP contribution in [0.1, 0.15) is 64.1 Å². The second kappa shape index (κ2) is 6.28. The number of H-pyrrole nitrogens is 1. The minimum absolute atomic E-state index is 0.353. The zero-order valence-corrected chi connectivity index (χ0v) is 14.3. The van der Waals surface area contributed by atoms with Gasteiger partial charge in [0.25, 0.3) is 0 Å². The third-order valence-electron chi connectivity index (χ3n) is 3.93. The lowest BCUT2D eigenvalue weighted by atomic mass is 9.79. The van der Waals surface area contributed by atoms with Crippen LogP contribution in [0.15, 0.2) is 12.3 Å². The van der Waals surface area contributed by atoms with Gasteiger partial charge in [0, 0.05) is 17.5 Å². The molecule has 1 heterocycles. The highest BCUT2D eigenvalue weighted by atomic mass is 32.1. The third-order valence-corrected chi connectivity index (χ3v) is 4.17. The first kappa shape index (κ1) is 16.8. The molecule has 0 spiro atoms. The molecule has 0 aliphatic heterocycles. The van der Waals surface area contributed by atoms with Crippen molar-refractivity contribution in [3.63, 3.8) is 0 Å². The quantitative estimate of drug-likeness (QED) is 0.745. The third kappa shape index (κ3) is 4.00. The van der Waals surface area contributed by atoms with Gasteiger partial charge in [0.1, 0.15) is 10.6 Å². The van der Waals surface area contributed by atoms with Crippen LogP contribution in [0.2, 0.25) is 0 Å². The van der Waals surface area contributed by atoms with E-state index < -0.39 is 11.1 Å². The summed E-state index contributed by atoms with van der Waals surface area (Å²) in [6.45, 7) is 5.58. The zero-order chi connectivity index (χ0) is 16.4. The molecule has 1 aromatic rings. The van der Waals surface area contributed by atoms with Crippen LogP contribution in [0, 0.1) is 0 Å². The molecule has 4 N–H and O–H groups in total. The molecular weight excluding hydrogens is 298 g/mol. The summed E-state index contributed by atoms with van der Waals surface area (Å²) in [5.74, 6) is 0. The minimum atomic E-state index is -0.514. The van der Waals surface area contributed by atoms with Crippen molar-refractivity contribution in [2.75, 3.05) is 0 Å². The van der Waals surface area contributed by atoms with E-state index in [2.05, 4.69) is 10.3 Å². The second-order valence-corrected chi connectivity index (χ2v) is 7.38. The summed E-state index contributed by atoms with van der Waals surface area (Å²) in [6.07, 6.45) is 6.48. The van der Waals surface area contributed by atoms with Crippen molar-refractivity contribution in [1.82, 2.24) is 10.3 Å². The number of amides is 1. The number of carbonyl (C=O) groups excluding carboxylic acids is 1. The monoisotopic (exact) mass is 323 g/mol. The number of aromatic nitrogens is 1. The highest BCUT2D eigenvalue weighted by molar-refractivity contribution is 7.80. The van der Waals surface area contributed by atoms with E-state index in [4.69, 9.17) is 22.7 Å². The Hall–Kier alpha value is -1.56. The van der Waals surface area contributed by atoms with Crippen molar-refractivity contribution >= 4 is 23.3 Å². The smallest absolute Gasteiger partial charge is 0.408 e. The molecule has 0 unspecified atom stereocenters. The molecule has 122 valence electrons. The Kier molecular flexibility index (Phi) is 4.80. The molecule has 22 heavy (non-hydrogen) atoms. The number of hydrogen-bond acceptors (Lipinski definition) is 3. The van der Waals surface area contributed by atoms with E-state index in [1.54, 1.807) is 6.20 Å². The summed E-state index contributed by atoms with van der Waals surface area (Å²) in [7, 11) is 0. The molecular formula is C16H25N3O2S. The van der Waals surface area contributed by atoms with Crippen molar-refractivity contribution in [2.24, 2.45) is 5.73 Å². The fourth-order valence-electron chi connectivity index (χ4n) is 2.93. The number of carbonyl (C=O) groups is 1. The van der Waals surface area contributed by atoms with Crippen LogP contribution in [-0.2, 0) is 10.3 Å². The van der Waals surface area contributed by atoms with Crippen LogP contribution in [-0.4, -0.2) is 21.7 Å². The van der Waals surface area contributed by atoms with Crippen LogP contribution in [0.3, 0.4) is 0 Å². The van der Waals surface area contributed by atoms with E-state index in [1.165, 1.54) is 6.42 Å². The summed E-state index contributed by atoms with van der Waals surface area (Å²) < 4.78 is 5.43. The number of thiocarbonyl (C=S) groups is 1. The molecule has 2 rings (SSSR count).